The fourth-order valence-electron chi connectivity index (χ4n) is 3.42. The third kappa shape index (κ3) is 4.20. The number of thioether (sulfide) groups is 1. The Morgan fingerprint density at radius 1 is 1.06 bits per heavy atom. The largest absolute Gasteiger partial charge is 0.332 e. The lowest BCUT2D eigenvalue weighted by molar-refractivity contribution is 0.630. The van der Waals surface area contributed by atoms with Crippen molar-refractivity contribution >= 4 is 33.9 Å². The van der Waals surface area contributed by atoms with Gasteiger partial charge in [-0.05, 0) is 41.6 Å². The molecule has 0 aliphatic heterocycles. The second-order valence-corrected chi connectivity index (χ2v) is 9.01. The maximum Gasteiger partial charge on any atom is 0.297 e. The Balaban J connectivity index is 1.38. The smallest absolute Gasteiger partial charge is 0.297 e. The van der Waals surface area contributed by atoms with Crippen molar-refractivity contribution in [2.45, 2.75) is 17.8 Å². The molecule has 0 saturated carbocycles. The summed E-state index contributed by atoms with van der Waals surface area (Å²) in [6.07, 6.45) is 0. The van der Waals surface area contributed by atoms with Gasteiger partial charge < -0.3 is 5.32 Å². The van der Waals surface area contributed by atoms with Crippen molar-refractivity contribution in [1.29, 1.82) is 0 Å². The molecule has 1 N–H and O–H groups in total. The summed E-state index contributed by atoms with van der Waals surface area (Å²) in [7, 11) is 1.85. The first-order valence-corrected chi connectivity index (χ1v) is 12.0. The number of benzene rings is 2. The molecular weight excluding hydrogens is 456 g/mol. The SMILES string of the molecule is Cc1c(-n2nnnc2SCc2csc(Nc3ccccc3)n2)c(=O)n(-c2ccccc2)n1C. The molecule has 0 fully saturated rings. The highest BCUT2D eigenvalue weighted by Crippen LogP contribution is 2.26. The Morgan fingerprint density at radius 2 is 1.79 bits per heavy atom. The van der Waals surface area contributed by atoms with E-state index in [2.05, 4.69) is 25.8 Å². The molecule has 0 aliphatic rings. The molecule has 0 saturated heterocycles. The summed E-state index contributed by atoms with van der Waals surface area (Å²) < 4.78 is 4.94. The van der Waals surface area contributed by atoms with E-state index >= 15 is 0 Å². The van der Waals surface area contributed by atoms with E-state index in [0.29, 0.717) is 16.6 Å². The number of rotatable bonds is 7. The number of thiazole rings is 1. The number of anilines is 2. The minimum absolute atomic E-state index is 0.182. The average Bonchev–Trinajstić information content (AvgIpc) is 3.53. The molecule has 0 spiro atoms. The fraction of sp³-hybridized carbons (Fsp3) is 0.136. The third-order valence-corrected chi connectivity index (χ3v) is 6.86. The maximum atomic E-state index is 13.3. The molecule has 3 heterocycles. The molecule has 3 aromatic heterocycles. The topological polar surface area (TPSA) is 95.5 Å². The van der Waals surface area contributed by atoms with Gasteiger partial charge in [0.15, 0.2) is 10.8 Å². The predicted molar refractivity (Wildman–Crippen MR) is 130 cm³/mol. The van der Waals surface area contributed by atoms with Crippen LogP contribution in [-0.4, -0.2) is 34.6 Å². The van der Waals surface area contributed by atoms with Crippen LogP contribution in [0.1, 0.15) is 11.4 Å². The quantitative estimate of drug-likeness (QED) is 0.355. The van der Waals surface area contributed by atoms with Gasteiger partial charge in [0.1, 0.15) is 0 Å². The molecule has 0 unspecified atom stereocenters. The van der Waals surface area contributed by atoms with Crippen LogP contribution in [0.2, 0.25) is 0 Å². The van der Waals surface area contributed by atoms with Crippen molar-refractivity contribution in [1.82, 2.24) is 34.6 Å². The summed E-state index contributed by atoms with van der Waals surface area (Å²) in [5.41, 5.74) is 3.69. The number of aromatic nitrogens is 7. The van der Waals surface area contributed by atoms with Crippen LogP contribution in [0.15, 0.2) is 76.0 Å². The molecule has 0 radical (unpaired) electrons. The van der Waals surface area contributed by atoms with E-state index in [9.17, 15) is 4.79 Å². The molecule has 5 rings (SSSR count). The number of para-hydroxylation sites is 2. The number of nitrogens with one attached hydrogen (secondary N) is 1. The van der Waals surface area contributed by atoms with E-state index in [4.69, 9.17) is 0 Å². The van der Waals surface area contributed by atoms with Gasteiger partial charge in [-0.3, -0.25) is 9.48 Å². The number of tetrazole rings is 1. The van der Waals surface area contributed by atoms with E-state index < -0.39 is 0 Å². The van der Waals surface area contributed by atoms with Gasteiger partial charge in [-0.25, -0.2) is 9.67 Å². The fourth-order valence-corrected chi connectivity index (χ4v) is 5.03. The molecular formula is C22H20N8OS2. The second kappa shape index (κ2) is 9.04. The Morgan fingerprint density at radius 3 is 2.55 bits per heavy atom. The van der Waals surface area contributed by atoms with Gasteiger partial charge in [0.05, 0.1) is 17.1 Å². The lowest BCUT2D eigenvalue weighted by atomic mass is 10.3. The molecule has 9 nitrogen and oxygen atoms in total. The first kappa shape index (κ1) is 21.2. The first-order valence-electron chi connectivity index (χ1n) is 10.1. The zero-order valence-corrected chi connectivity index (χ0v) is 19.5. The summed E-state index contributed by atoms with van der Waals surface area (Å²) in [5.74, 6) is 0.575. The number of hydrogen-bond acceptors (Lipinski definition) is 8. The van der Waals surface area contributed by atoms with Gasteiger partial charge >= 0.3 is 0 Å². The summed E-state index contributed by atoms with van der Waals surface area (Å²) in [6, 6.07) is 19.4. The molecule has 5 aromatic rings. The van der Waals surface area contributed by atoms with Gasteiger partial charge in [0, 0.05) is 23.9 Å². The Hall–Kier alpha value is -3.70. The predicted octanol–water partition coefficient (Wildman–Crippen LogP) is 3.95. The summed E-state index contributed by atoms with van der Waals surface area (Å²) >= 11 is 2.97. The number of hydrogen-bond donors (Lipinski definition) is 1. The molecule has 2 aromatic carbocycles. The number of nitrogens with zero attached hydrogens (tertiary/aromatic N) is 7. The van der Waals surface area contributed by atoms with Crippen molar-refractivity contribution in [3.05, 3.63) is 87.8 Å². The van der Waals surface area contributed by atoms with Crippen molar-refractivity contribution in [3.63, 3.8) is 0 Å². The lowest BCUT2D eigenvalue weighted by Crippen LogP contribution is -2.22. The molecule has 0 amide bonds. The highest BCUT2D eigenvalue weighted by Gasteiger charge is 2.22. The van der Waals surface area contributed by atoms with Crippen LogP contribution in [0.5, 0.6) is 0 Å². The Kier molecular flexibility index (Phi) is 5.80. The normalized spacial score (nSPS) is 11.1. The van der Waals surface area contributed by atoms with E-state index in [-0.39, 0.29) is 5.56 Å². The van der Waals surface area contributed by atoms with Gasteiger partial charge in [-0.15, -0.1) is 16.4 Å². The monoisotopic (exact) mass is 476 g/mol. The van der Waals surface area contributed by atoms with Crippen molar-refractivity contribution in [2.75, 3.05) is 5.32 Å². The van der Waals surface area contributed by atoms with Crippen LogP contribution in [-0.2, 0) is 12.8 Å². The van der Waals surface area contributed by atoms with E-state index in [1.54, 1.807) is 4.68 Å². The van der Waals surface area contributed by atoms with Crippen LogP contribution in [0.4, 0.5) is 10.8 Å². The van der Waals surface area contributed by atoms with E-state index in [1.165, 1.54) is 27.8 Å². The van der Waals surface area contributed by atoms with Gasteiger partial charge in [0.25, 0.3) is 5.56 Å². The Labute approximate surface area is 197 Å². The molecule has 33 heavy (non-hydrogen) atoms. The molecule has 0 bridgehead atoms. The van der Waals surface area contributed by atoms with E-state index in [0.717, 1.165) is 27.9 Å². The van der Waals surface area contributed by atoms with Gasteiger partial charge in [0.2, 0.25) is 5.16 Å². The summed E-state index contributed by atoms with van der Waals surface area (Å²) in [6.45, 7) is 1.88. The third-order valence-electron chi connectivity index (χ3n) is 5.10. The van der Waals surface area contributed by atoms with Crippen LogP contribution < -0.4 is 10.9 Å². The van der Waals surface area contributed by atoms with E-state index in [1.807, 2.05) is 84.7 Å². The van der Waals surface area contributed by atoms with Gasteiger partial charge in [-0.1, -0.05) is 48.2 Å². The van der Waals surface area contributed by atoms with Crippen molar-refractivity contribution in [2.24, 2.45) is 7.05 Å². The average molecular weight is 477 g/mol. The second-order valence-electron chi connectivity index (χ2n) is 7.21. The van der Waals surface area contributed by atoms with Crippen LogP contribution in [0.3, 0.4) is 0 Å². The highest BCUT2D eigenvalue weighted by atomic mass is 32.2. The lowest BCUT2D eigenvalue weighted by Gasteiger charge is -2.07. The Bertz CT molecular complexity index is 1440. The van der Waals surface area contributed by atoms with Gasteiger partial charge in [-0.2, -0.15) is 4.68 Å². The van der Waals surface area contributed by atoms with Crippen LogP contribution in [0, 0.1) is 6.92 Å². The van der Waals surface area contributed by atoms with Crippen LogP contribution in [0.25, 0.3) is 11.4 Å². The van der Waals surface area contributed by atoms with Crippen molar-refractivity contribution < 1.29 is 0 Å². The standard InChI is InChI=1S/C22H20N8OS2/c1-15-19(20(31)30(28(15)2)18-11-7-4-8-12-18)29-22(25-26-27-29)33-14-17-13-32-21(24-17)23-16-9-5-3-6-10-16/h3-13H,14H2,1-2H3,(H,23,24). The summed E-state index contributed by atoms with van der Waals surface area (Å²) in [5, 5.41) is 18.7. The first-order chi connectivity index (χ1) is 16.1. The zero-order chi connectivity index (χ0) is 22.8. The zero-order valence-electron chi connectivity index (χ0n) is 17.9. The molecule has 0 aliphatic carbocycles. The maximum absolute atomic E-state index is 13.3. The minimum Gasteiger partial charge on any atom is -0.332 e. The highest BCUT2D eigenvalue weighted by molar-refractivity contribution is 7.98. The molecule has 0 atom stereocenters. The molecule has 11 heteroatoms. The minimum atomic E-state index is -0.182. The van der Waals surface area contributed by atoms with Crippen molar-refractivity contribution in [3.8, 4) is 11.4 Å². The molecule has 166 valence electrons. The summed E-state index contributed by atoms with van der Waals surface area (Å²) in [4.78, 5) is 17.9. The van der Waals surface area contributed by atoms with Crippen LogP contribution >= 0.6 is 23.1 Å².